The van der Waals surface area contributed by atoms with Crippen LogP contribution in [0.1, 0.15) is 24.0 Å². The molecule has 3 N–H and O–H groups in total. The van der Waals surface area contributed by atoms with Gasteiger partial charge in [0.05, 0.1) is 0 Å². The number of nitrogens with zero attached hydrogens (tertiary/aromatic N) is 2. The lowest BCUT2D eigenvalue weighted by Crippen LogP contribution is -2.37. The van der Waals surface area contributed by atoms with Gasteiger partial charge in [0.25, 0.3) is 0 Å². The third-order valence-electron chi connectivity index (χ3n) is 4.10. The molecule has 0 unspecified atom stereocenters. The number of rotatable bonds is 4. The monoisotopic (exact) mass is 274 g/mol. The first-order valence-electron chi connectivity index (χ1n) is 7.32. The van der Waals surface area contributed by atoms with Crippen molar-refractivity contribution in [2.24, 2.45) is 11.7 Å². The van der Waals surface area contributed by atoms with Crippen molar-refractivity contribution in [1.82, 2.24) is 4.90 Å². The third kappa shape index (κ3) is 3.51. The first kappa shape index (κ1) is 14.9. The van der Waals surface area contributed by atoms with Crippen LogP contribution in [-0.2, 0) is 0 Å². The van der Waals surface area contributed by atoms with Crippen LogP contribution in [-0.4, -0.2) is 44.5 Å². The van der Waals surface area contributed by atoms with E-state index in [4.69, 9.17) is 11.1 Å². The van der Waals surface area contributed by atoms with Gasteiger partial charge in [0.15, 0.2) is 0 Å². The van der Waals surface area contributed by atoms with Gasteiger partial charge in [-0.1, -0.05) is 0 Å². The maximum Gasteiger partial charge on any atom is 0.123 e. The molecule has 0 saturated carbocycles. The van der Waals surface area contributed by atoms with Crippen LogP contribution >= 0.6 is 0 Å². The average molecular weight is 274 g/mol. The fraction of sp³-hybridized carbons (Fsp3) is 0.562. The average Bonchev–Trinajstić information content (AvgIpc) is 2.38. The first-order valence-corrected chi connectivity index (χ1v) is 7.32. The van der Waals surface area contributed by atoms with Crippen LogP contribution in [0, 0.1) is 18.3 Å². The van der Waals surface area contributed by atoms with Crippen molar-refractivity contribution in [1.29, 1.82) is 5.41 Å². The van der Waals surface area contributed by atoms with E-state index in [2.05, 4.69) is 36.0 Å². The lowest BCUT2D eigenvalue weighted by molar-refractivity contribution is 0.285. The molecule has 1 aliphatic heterocycles. The number of hydrogen-bond donors (Lipinski definition) is 2. The molecule has 0 amide bonds. The molecule has 1 aromatic rings. The Hall–Kier alpha value is -1.55. The van der Waals surface area contributed by atoms with Gasteiger partial charge in [-0.25, -0.2) is 0 Å². The summed E-state index contributed by atoms with van der Waals surface area (Å²) in [5, 5.41) is 7.54. The Morgan fingerprint density at radius 3 is 2.50 bits per heavy atom. The lowest BCUT2D eigenvalue weighted by atomic mass is 9.95. The van der Waals surface area contributed by atoms with E-state index in [-0.39, 0.29) is 5.84 Å². The van der Waals surface area contributed by atoms with Crippen molar-refractivity contribution in [3.63, 3.8) is 0 Å². The molecule has 110 valence electrons. The van der Waals surface area contributed by atoms with Gasteiger partial charge in [-0.3, -0.25) is 5.41 Å². The van der Waals surface area contributed by atoms with Gasteiger partial charge in [0.2, 0.25) is 0 Å². The van der Waals surface area contributed by atoms with E-state index in [0.29, 0.717) is 0 Å². The minimum atomic E-state index is 0.152. The largest absolute Gasteiger partial charge is 0.384 e. The number of hydrogen-bond acceptors (Lipinski definition) is 3. The lowest BCUT2D eigenvalue weighted by Gasteiger charge is -2.35. The Kier molecular flexibility index (Phi) is 4.65. The molecule has 4 nitrogen and oxygen atoms in total. The second-order valence-electron chi connectivity index (χ2n) is 6.11. The summed E-state index contributed by atoms with van der Waals surface area (Å²) in [4.78, 5) is 4.73. The summed E-state index contributed by atoms with van der Waals surface area (Å²) < 4.78 is 0. The molecule has 0 spiro atoms. The molecular formula is C16H26N4. The summed E-state index contributed by atoms with van der Waals surface area (Å²) in [6, 6.07) is 6.22. The Morgan fingerprint density at radius 2 is 2.00 bits per heavy atom. The van der Waals surface area contributed by atoms with E-state index in [9.17, 15) is 0 Å². The van der Waals surface area contributed by atoms with Gasteiger partial charge in [0, 0.05) is 30.9 Å². The molecule has 0 radical (unpaired) electrons. The Bertz CT molecular complexity index is 473. The summed E-state index contributed by atoms with van der Waals surface area (Å²) in [5.41, 5.74) is 8.76. The van der Waals surface area contributed by atoms with Gasteiger partial charge >= 0.3 is 0 Å². The summed E-state index contributed by atoms with van der Waals surface area (Å²) in [6.45, 7) is 5.46. The molecule has 1 aliphatic rings. The van der Waals surface area contributed by atoms with E-state index in [1.54, 1.807) is 0 Å². The fourth-order valence-corrected chi connectivity index (χ4v) is 3.04. The Morgan fingerprint density at radius 1 is 1.35 bits per heavy atom. The van der Waals surface area contributed by atoms with Gasteiger partial charge in [-0.2, -0.15) is 0 Å². The first-order chi connectivity index (χ1) is 9.47. The molecule has 1 saturated heterocycles. The molecule has 0 atom stereocenters. The maximum absolute atomic E-state index is 7.54. The molecule has 2 rings (SSSR count). The second-order valence-corrected chi connectivity index (χ2v) is 6.11. The predicted molar refractivity (Wildman–Crippen MR) is 85.7 cm³/mol. The van der Waals surface area contributed by atoms with E-state index in [1.165, 1.54) is 25.1 Å². The Labute approximate surface area is 122 Å². The van der Waals surface area contributed by atoms with Gasteiger partial charge in [0.1, 0.15) is 5.84 Å². The highest BCUT2D eigenvalue weighted by atomic mass is 15.1. The fourth-order valence-electron chi connectivity index (χ4n) is 3.04. The van der Waals surface area contributed by atoms with Crippen molar-refractivity contribution in [3.05, 3.63) is 29.3 Å². The molecule has 0 bridgehead atoms. The van der Waals surface area contributed by atoms with E-state index in [1.807, 2.05) is 13.0 Å². The third-order valence-corrected chi connectivity index (χ3v) is 4.10. The molecule has 1 aromatic carbocycles. The number of benzene rings is 1. The van der Waals surface area contributed by atoms with Crippen molar-refractivity contribution < 1.29 is 0 Å². The van der Waals surface area contributed by atoms with Crippen molar-refractivity contribution in [3.8, 4) is 0 Å². The van der Waals surface area contributed by atoms with Crippen LogP contribution < -0.4 is 10.6 Å². The molecular weight excluding hydrogens is 248 g/mol. The smallest absolute Gasteiger partial charge is 0.123 e. The summed E-state index contributed by atoms with van der Waals surface area (Å²) in [7, 11) is 4.30. The van der Waals surface area contributed by atoms with Crippen LogP contribution in [0.2, 0.25) is 0 Å². The summed E-state index contributed by atoms with van der Waals surface area (Å²) in [6.07, 6.45) is 2.51. The second kappa shape index (κ2) is 6.27. The van der Waals surface area contributed by atoms with E-state index >= 15 is 0 Å². The molecule has 20 heavy (non-hydrogen) atoms. The number of amidine groups is 1. The molecule has 0 aromatic heterocycles. The normalized spacial score (nSPS) is 16.7. The summed E-state index contributed by atoms with van der Waals surface area (Å²) >= 11 is 0. The minimum Gasteiger partial charge on any atom is -0.384 e. The highest BCUT2D eigenvalue weighted by molar-refractivity contribution is 5.96. The Balaban J connectivity index is 2.00. The van der Waals surface area contributed by atoms with E-state index in [0.717, 1.165) is 30.1 Å². The zero-order chi connectivity index (χ0) is 14.7. The van der Waals surface area contributed by atoms with Gasteiger partial charge in [-0.15, -0.1) is 0 Å². The van der Waals surface area contributed by atoms with Crippen molar-refractivity contribution in [2.45, 2.75) is 19.8 Å². The standard InChI is InChI=1S/C16H26N4/c1-12-10-14(4-5-15(12)16(17)18)20-8-6-13(7-9-20)11-19(2)3/h4-5,10,13H,6-9,11H2,1-3H3,(H3,17,18). The molecule has 1 heterocycles. The SMILES string of the molecule is Cc1cc(N2CCC(CN(C)C)CC2)ccc1C(=N)N. The minimum absolute atomic E-state index is 0.152. The van der Waals surface area contributed by atoms with Crippen LogP contribution in [0.3, 0.4) is 0 Å². The van der Waals surface area contributed by atoms with Crippen molar-refractivity contribution in [2.75, 3.05) is 38.6 Å². The van der Waals surface area contributed by atoms with Crippen molar-refractivity contribution >= 4 is 11.5 Å². The molecule has 0 aliphatic carbocycles. The zero-order valence-corrected chi connectivity index (χ0v) is 12.8. The summed E-state index contributed by atoms with van der Waals surface area (Å²) in [5.74, 6) is 0.970. The van der Waals surface area contributed by atoms with Crippen LogP contribution in [0.5, 0.6) is 0 Å². The number of piperidine rings is 1. The predicted octanol–water partition coefficient (Wildman–Crippen LogP) is 2.06. The molecule has 4 heteroatoms. The number of nitrogens with one attached hydrogen (secondary N) is 1. The maximum atomic E-state index is 7.54. The highest BCUT2D eigenvalue weighted by Gasteiger charge is 2.20. The highest BCUT2D eigenvalue weighted by Crippen LogP contribution is 2.25. The topological polar surface area (TPSA) is 56.4 Å². The van der Waals surface area contributed by atoms with E-state index < -0.39 is 0 Å². The zero-order valence-electron chi connectivity index (χ0n) is 12.8. The number of aryl methyl sites for hydroxylation is 1. The van der Waals surface area contributed by atoms with Crippen LogP contribution in [0.25, 0.3) is 0 Å². The quantitative estimate of drug-likeness (QED) is 0.652. The number of nitrogens with two attached hydrogens (primary N) is 1. The van der Waals surface area contributed by atoms with Gasteiger partial charge < -0.3 is 15.5 Å². The number of nitrogen functional groups attached to an aromatic ring is 1. The molecule has 1 fully saturated rings. The van der Waals surface area contributed by atoms with Gasteiger partial charge in [-0.05, 0) is 63.5 Å². The van der Waals surface area contributed by atoms with Crippen LogP contribution in [0.15, 0.2) is 18.2 Å². The number of anilines is 1. The van der Waals surface area contributed by atoms with Crippen LogP contribution in [0.4, 0.5) is 5.69 Å².